The first kappa shape index (κ1) is 14.2. The van der Waals surface area contributed by atoms with Crippen LogP contribution in [0.15, 0.2) is 18.2 Å². The Morgan fingerprint density at radius 1 is 1.53 bits per heavy atom. The van der Waals surface area contributed by atoms with Gasteiger partial charge in [-0.15, -0.1) is 0 Å². The van der Waals surface area contributed by atoms with E-state index in [-0.39, 0.29) is 18.5 Å². The maximum atomic E-state index is 13.4. The van der Waals surface area contributed by atoms with Crippen molar-refractivity contribution in [2.75, 3.05) is 37.8 Å². The smallest absolute Gasteiger partial charge is 0.123 e. The molecule has 0 amide bonds. The fourth-order valence-electron chi connectivity index (χ4n) is 2.36. The molecule has 1 aromatic rings. The molecule has 1 saturated heterocycles. The third-order valence-electron chi connectivity index (χ3n) is 3.35. The Morgan fingerprint density at radius 3 is 3.11 bits per heavy atom. The highest BCUT2D eigenvalue weighted by atomic mass is 19.1. The minimum Gasteiger partial charge on any atom is -0.394 e. The lowest BCUT2D eigenvalue weighted by atomic mass is 10.1. The summed E-state index contributed by atoms with van der Waals surface area (Å²) in [5.41, 5.74) is 1.90. The third-order valence-corrected chi connectivity index (χ3v) is 3.35. The third kappa shape index (κ3) is 3.43. The molecular formula is C14H21FN2O2. The molecule has 0 aliphatic carbocycles. The van der Waals surface area contributed by atoms with Gasteiger partial charge in [-0.1, -0.05) is 6.92 Å². The summed E-state index contributed by atoms with van der Waals surface area (Å²) in [6, 6.07) is 4.76. The fraction of sp³-hybridized carbons (Fsp3) is 0.571. The molecule has 1 aromatic carbocycles. The Morgan fingerprint density at radius 2 is 2.37 bits per heavy atom. The van der Waals surface area contributed by atoms with Crippen LogP contribution in [0.3, 0.4) is 0 Å². The quantitative estimate of drug-likeness (QED) is 0.840. The standard InChI is InChI=1S/C14H21FN2O2/c1-2-16-8-11-7-12(15)3-4-14(11)17-5-6-19-10-13(17)9-18/h3-4,7,13,16,18H,2,5-6,8-10H2,1H3. The molecule has 1 unspecified atom stereocenters. The summed E-state index contributed by atoms with van der Waals surface area (Å²) in [4.78, 5) is 2.11. The van der Waals surface area contributed by atoms with Crippen LogP contribution in [0.4, 0.5) is 10.1 Å². The molecule has 106 valence electrons. The van der Waals surface area contributed by atoms with Gasteiger partial charge in [0.25, 0.3) is 0 Å². The van der Waals surface area contributed by atoms with Crippen molar-refractivity contribution in [2.45, 2.75) is 19.5 Å². The van der Waals surface area contributed by atoms with Crippen molar-refractivity contribution < 1.29 is 14.2 Å². The van der Waals surface area contributed by atoms with Crippen molar-refractivity contribution >= 4 is 5.69 Å². The minimum atomic E-state index is -0.231. The SMILES string of the molecule is CCNCc1cc(F)ccc1N1CCOCC1CO. The monoisotopic (exact) mass is 268 g/mol. The Kier molecular flexibility index (Phi) is 5.13. The van der Waals surface area contributed by atoms with Gasteiger partial charge in [0.05, 0.1) is 25.9 Å². The van der Waals surface area contributed by atoms with E-state index in [0.717, 1.165) is 24.3 Å². The molecule has 0 aromatic heterocycles. The highest BCUT2D eigenvalue weighted by Crippen LogP contribution is 2.25. The molecule has 0 saturated carbocycles. The van der Waals surface area contributed by atoms with E-state index in [1.54, 1.807) is 12.1 Å². The van der Waals surface area contributed by atoms with Gasteiger partial charge < -0.3 is 20.1 Å². The van der Waals surface area contributed by atoms with Crippen LogP contribution >= 0.6 is 0 Å². The highest BCUT2D eigenvalue weighted by Gasteiger charge is 2.24. The summed E-state index contributed by atoms with van der Waals surface area (Å²) in [6.45, 7) is 5.38. The second-order valence-electron chi connectivity index (χ2n) is 4.66. The zero-order chi connectivity index (χ0) is 13.7. The van der Waals surface area contributed by atoms with E-state index in [4.69, 9.17) is 4.74 Å². The van der Waals surface area contributed by atoms with Gasteiger partial charge in [0.15, 0.2) is 0 Å². The Bertz CT molecular complexity index is 414. The van der Waals surface area contributed by atoms with Crippen LogP contribution in [0.25, 0.3) is 0 Å². The van der Waals surface area contributed by atoms with Gasteiger partial charge in [0, 0.05) is 18.8 Å². The zero-order valence-electron chi connectivity index (χ0n) is 11.2. The molecule has 0 radical (unpaired) electrons. The van der Waals surface area contributed by atoms with Crippen LogP contribution in [-0.2, 0) is 11.3 Å². The summed E-state index contributed by atoms with van der Waals surface area (Å²) in [7, 11) is 0. The van der Waals surface area contributed by atoms with Gasteiger partial charge in [0.2, 0.25) is 0 Å². The number of ether oxygens (including phenoxy) is 1. The number of aliphatic hydroxyl groups is 1. The number of morpholine rings is 1. The van der Waals surface area contributed by atoms with E-state index in [1.807, 2.05) is 6.92 Å². The van der Waals surface area contributed by atoms with Crippen molar-refractivity contribution in [1.82, 2.24) is 5.32 Å². The summed E-state index contributed by atoms with van der Waals surface area (Å²) in [6.07, 6.45) is 0. The molecule has 1 atom stereocenters. The molecule has 1 aliphatic heterocycles. The molecule has 0 bridgehead atoms. The minimum absolute atomic E-state index is 0.0397. The molecule has 19 heavy (non-hydrogen) atoms. The molecule has 5 heteroatoms. The van der Waals surface area contributed by atoms with Crippen LogP contribution in [0.2, 0.25) is 0 Å². The van der Waals surface area contributed by atoms with E-state index in [2.05, 4.69) is 10.2 Å². The second-order valence-corrected chi connectivity index (χ2v) is 4.66. The van der Waals surface area contributed by atoms with E-state index in [9.17, 15) is 9.50 Å². The fourth-order valence-corrected chi connectivity index (χ4v) is 2.36. The molecule has 2 N–H and O–H groups in total. The van der Waals surface area contributed by atoms with Crippen LogP contribution in [0.5, 0.6) is 0 Å². The molecule has 4 nitrogen and oxygen atoms in total. The lowest BCUT2D eigenvalue weighted by Crippen LogP contribution is -2.48. The topological polar surface area (TPSA) is 44.7 Å². The van der Waals surface area contributed by atoms with Gasteiger partial charge in [-0.25, -0.2) is 4.39 Å². The van der Waals surface area contributed by atoms with Crippen LogP contribution in [0.1, 0.15) is 12.5 Å². The molecule has 1 heterocycles. The molecular weight excluding hydrogens is 247 g/mol. The van der Waals surface area contributed by atoms with Gasteiger partial charge in [0.1, 0.15) is 5.82 Å². The van der Waals surface area contributed by atoms with E-state index < -0.39 is 0 Å². The number of rotatable bonds is 5. The Hall–Kier alpha value is -1.17. The number of hydrogen-bond acceptors (Lipinski definition) is 4. The summed E-state index contributed by atoms with van der Waals surface area (Å²) in [5.74, 6) is -0.231. The van der Waals surface area contributed by atoms with Gasteiger partial charge in [-0.2, -0.15) is 0 Å². The summed E-state index contributed by atoms with van der Waals surface area (Å²) >= 11 is 0. The molecule has 1 fully saturated rings. The summed E-state index contributed by atoms with van der Waals surface area (Å²) in [5, 5.41) is 12.6. The number of aliphatic hydroxyl groups excluding tert-OH is 1. The van der Waals surface area contributed by atoms with Gasteiger partial charge >= 0.3 is 0 Å². The van der Waals surface area contributed by atoms with E-state index in [1.165, 1.54) is 6.07 Å². The van der Waals surface area contributed by atoms with Crippen molar-refractivity contribution in [2.24, 2.45) is 0 Å². The van der Waals surface area contributed by atoms with E-state index in [0.29, 0.717) is 19.8 Å². The average molecular weight is 268 g/mol. The van der Waals surface area contributed by atoms with Crippen LogP contribution < -0.4 is 10.2 Å². The largest absolute Gasteiger partial charge is 0.394 e. The number of hydrogen-bond donors (Lipinski definition) is 2. The number of halogens is 1. The van der Waals surface area contributed by atoms with Crippen molar-refractivity contribution in [3.63, 3.8) is 0 Å². The molecule has 0 spiro atoms. The number of benzene rings is 1. The first-order valence-corrected chi connectivity index (χ1v) is 6.70. The maximum absolute atomic E-state index is 13.4. The van der Waals surface area contributed by atoms with Crippen molar-refractivity contribution in [1.29, 1.82) is 0 Å². The zero-order valence-corrected chi connectivity index (χ0v) is 11.2. The van der Waals surface area contributed by atoms with E-state index >= 15 is 0 Å². The van der Waals surface area contributed by atoms with Crippen molar-refractivity contribution in [3.05, 3.63) is 29.6 Å². The van der Waals surface area contributed by atoms with Gasteiger partial charge in [-0.3, -0.25) is 0 Å². The number of nitrogens with one attached hydrogen (secondary N) is 1. The number of nitrogens with zero attached hydrogens (tertiary/aromatic N) is 1. The van der Waals surface area contributed by atoms with Crippen LogP contribution in [-0.4, -0.2) is 44.1 Å². The molecule has 2 rings (SSSR count). The number of anilines is 1. The average Bonchev–Trinajstić information content (AvgIpc) is 2.45. The lowest BCUT2D eigenvalue weighted by molar-refractivity contribution is 0.0726. The van der Waals surface area contributed by atoms with Crippen LogP contribution in [0, 0.1) is 5.82 Å². The first-order chi connectivity index (χ1) is 9.26. The predicted octanol–water partition coefficient (Wildman–Crippen LogP) is 1.13. The van der Waals surface area contributed by atoms with Gasteiger partial charge in [-0.05, 0) is 30.3 Å². The van der Waals surface area contributed by atoms with Crippen molar-refractivity contribution in [3.8, 4) is 0 Å². The maximum Gasteiger partial charge on any atom is 0.123 e. The predicted molar refractivity (Wildman–Crippen MR) is 72.8 cm³/mol. The highest BCUT2D eigenvalue weighted by molar-refractivity contribution is 5.55. The Labute approximate surface area is 113 Å². The summed E-state index contributed by atoms with van der Waals surface area (Å²) < 4.78 is 18.8. The normalized spacial score (nSPS) is 19.7. The lowest BCUT2D eigenvalue weighted by Gasteiger charge is -2.37. The first-order valence-electron chi connectivity index (χ1n) is 6.70. The molecule has 1 aliphatic rings. The Balaban J connectivity index is 2.25. The second kappa shape index (κ2) is 6.84.